The summed E-state index contributed by atoms with van der Waals surface area (Å²) in [6.45, 7) is 2.89. The smallest absolute Gasteiger partial charge is 0.329 e. The lowest BCUT2D eigenvalue weighted by Crippen LogP contribution is -2.61. The van der Waals surface area contributed by atoms with Crippen LogP contribution in [0.15, 0.2) is 0 Å². The fraction of sp³-hybridized carbons (Fsp3) is 0.833. The van der Waals surface area contributed by atoms with Crippen LogP contribution in [0.2, 0.25) is 0 Å². The van der Waals surface area contributed by atoms with Gasteiger partial charge in [0.25, 0.3) is 0 Å². The predicted octanol–water partition coefficient (Wildman–Crippen LogP) is 1.29. The topological polar surface area (TPSA) is 69.6 Å². The first-order valence-electron chi connectivity index (χ1n) is 6.21. The highest BCUT2D eigenvalue weighted by molar-refractivity contribution is 5.87. The number of rotatable bonds is 4. The van der Waals surface area contributed by atoms with Crippen LogP contribution in [0.3, 0.4) is 0 Å². The van der Waals surface area contributed by atoms with E-state index >= 15 is 0 Å². The summed E-state index contributed by atoms with van der Waals surface area (Å²) >= 11 is 0. The van der Waals surface area contributed by atoms with Crippen molar-refractivity contribution in [1.82, 2.24) is 10.2 Å². The number of nitrogens with zero attached hydrogens (tertiary/aromatic N) is 1. The molecule has 2 aliphatic rings. The van der Waals surface area contributed by atoms with Crippen LogP contribution in [0.25, 0.3) is 0 Å². The minimum Gasteiger partial charge on any atom is -0.480 e. The van der Waals surface area contributed by atoms with E-state index in [0.29, 0.717) is 24.7 Å². The lowest BCUT2D eigenvalue weighted by molar-refractivity contribution is -0.148. The zero-order valence-corrected chi connectivity index (χ0v) is 10.4. The minimum absolute atomic E-state index is 0.258. The molecule has 0 spiro atoms. The van der Waals surface area contributed by atoms with E-state index in [0.717, 1.165) is 13.0 Å². The maximum Gasteiger partial charge on any atom is 0.329 e. The molecule has 2 unspecified atom stereocenters. The molecule has 0 saturated heterocycles. The minimum atomic E-state index is -0.999. The first-order valence-corrected chi connectivity index (χ1v) is 6.21. The monoisotopic (exact) mass is 240 g/mol. The second kappa shape index (κ2) is 4.20. The van der Waals surface area contributed by atoms with Gasteiger partial charge in [-0.05, 0) is 37.5 Å². The number of hydrogen-bond acceptors (Lipinski definition) is 2. The van der Waals surface area contributed by atoms with Crippen molar-refractivity contribution < 1.29 is 14.7 Å². The molecule has 0 radical (unpaired) electrons. The molecule has 0 bridgehead atoms. The van der Waals surface area contributed by atoms with Crippen LogP contribution in [0, 0.1) is 11.8 Å². The Morgan fingerprint density at radius 1 is 1.47 bits per heavy atom. The van der Waals surface area contributed by atoms with Crippen LogP contribution >= 0.6 is 0 Å². The predicted molar refractivity (Wildman–Crippen MR) is 62.7 cm³/mol. The molecule has 2 amide bonds. The fourth-order valence-electron chi connectivity index (χ4n) is 2.31. The van der Waals surface area contributed by atoms with Gasteiger partial charge in [0.15, 0.2) is 0 Å². The van der Waals surface area contributed by atoms with E-state index in [4.69, 9.17) is 5.11 Å². The Balaban J connectivity index is 1.85. The molecule has 2 N–H and O–H groups in total. The average Bonchev–Trinajstić information content (AvgIpc) is 2.86. The second-order valence-corrected chi connectivity index (χ2v) is 5.52. The number of amides is 2. The van der Waals surface area contributed by atoms with Gasteiger partial charge in [0.05, 0.1) is 0 Å². The van der Waals surface area contributed by atoms with Crippen molar-refractivity contribution in [1.29, 1.82) is 0 Å². The summed E-state index contributed by atoms with van der Waals surface area (Å²) in [5.74, 6) is 0.376. The van der Waals surface area contributed by atoms with Crippen molar-refractivity contribution in [3.63, 3.8) is 0 Å². The van der Waals surface area contributed by atoms with Crippen LogP contribution < -0.4 is 5.32 Å². The average molecular weight is 240 g/mol. The Hall–Kier alpha value is -1.26. The molecule has 0 aromatic rings. The quantitative estimate of drug-likeness (QED) is 0.778. The Morgan fingerprint density at radius 3 is 2.41 bits per heavy atom. The van der Waals surface area contributed by atoms with Gasteiger partial charge >= 0.3 is 12.0 Å². The van der Waals surface area contributed by atoms with Gasteiger partial charge in [-0.3, -0.25) is 0 Å². The van der Waals surface area contributed by atoms with E-state index in [1.54, 1.807) is 11.9 Å². The van der Waals surface area contributed by atoms with Crippen LogP contribution in [0.5, 0.6) is 0 Å². The molecule has 2 fully saturated rings. The number of carbonyl (C=O) groups is 2. The number of carbonyl (C=O) groups excluding carboxylic acids is 1. The van der Waals surface area contributed by atoms with Gasteiger partial charge in [0, 0.05) is 13.6 Å². The largest absolute Gasteiger partial charge is 0.480 e. The normalized spacial score (nSPS) is 29.1. The molecule has 0 aromatic heterocycles. The van der Waals surface area contributed by atoms with Crippen molar-refractivity contribution >= 4 is 12.0 Å². The van der Waals surface area contributed by atoms with E-state index in [9.17, 15) is 9.59 Å². The maximum absolute atomic E-state index is 11.9. The number of nitrogens with one attached hydrogen (secondary N) is 1. The third-order valence-electron chi connectivity index (χ3n) is 4.09. The molecule has 0 heterocycles. The highest BCUT2D eigenvalue weighted by Gasteiger charge is 2.46. The molecule has 0 aliphatic heterocycles. The van der Waals surface area contributed by atoms with Crippen LogP contribution in [-0.2, 0) is 4.79 Å². The summed E-state index contributed by atoms with van der Waals surface area (Å²) in [5, 5.41) is 11.8. The molecule has 96 valence electrons. The first-order chi connectivity index (χ1) is 7.94. The third-order valence-corrected chi connectivity index (χ3v) is 4.09. The second-order valence-electron chi connectivity index (χ2n) is 5.52. The van der Waals surface area contributed by atoms with Crippen molar-refractivity contribution in [2.45, 2.75) is 38.1 Å². The van der Waals surface area contributed by atoms with E-state index in [-0.39, 0.29) is 6.03 Å². The molecular formula is C12H20N2O3. The Kier molecular flexibility index (Phi) is 3.02. The SMILES string of the molecule is CC1CC1CN(C)C(=O)NC1(C(=O)O)CCC1. The maximum atomic E-state index is 11.9. The zero-order valence-electron chi connectivity index (χ0n) is 10.4. The lowest BCUT2D eigenvalue weighted by atomic mass is 9.77. The molecule has 5 heteroatoms. The van der Waals surface area contributed by atoms with Gasteiger partial charge < -0.3 is 15.3 Å². The number of carboxylic acids is 1. The lowest BCUT2D eigenvalue weighted by Gasteiger charge is -2.39. The molecule has 2 rings (SSSR count). The first kappa shape index (κ1) is 12.2. The number of carboxylic acid groups (broad SMARTS) is 1. The molecule has 2 saturated carbocycles. The summed E-state index contributed by atoms with van der Waals surface area (Å²) in [6, 6.07) is -0.258. The van der Waals surface area contributed by atoms with Crippen molar-refractivity contribution in [3.8, 4) is 0 Å². The van der Waals surface area contributed by atoms with Crippen LogP contribution in [0.4, 0.5) is 4.79 Å². The highest BCUT2D eigenvalue weighted by atomic mass is 16.4. The Bertz CT molecular complexity index is 339. The Labute approximate surface area is 101 Å². The summed E-state index contributed by atoms with van der Waals surface area (Å²) in [5.41, 5.74) is -0.999. The molecule has 17 heavy (non-hydrogen) atoms. The van der Waals surface area contributed by atoms with Crippen molar-refractivity contribution in [2.24, 2.45) is 11.8 Å². The van der Waals surface area contributed by atoms with Gasteiger partial charge in [0.2, 0.25) is 0 Å². The van der Waals surface area contributed by atoms with E-state index < -0.39 is 11.5 Å². The Morgan fingerprint density at radius 2 is 2.06 bits per heavy atom. The van der Waals surface area contributed by atoms with Gasteiger partial charge in [-0.2, -0.15) is 0 Å². The number of hydrogen-bond donors (Lipinski definition) is 2. The van der Waals surface area contributed by atoms with Crippen LogP contribution in [-0.4, -0.2) is 41.1 Å². The van der Waals surface area contributed by atoms with Gasteiger partial charge in [0.1, 0.15) is 5.54 Å². The van der Waals surface area contributed by atoms with Crippen LogP contribution in [0.1, 0.15) is 32.6 Å². The number of urea groups is 1. The zero-order chi connectivity index (χ0) is 12.6. The molecule has 0 aromatic carbocycles. The van der Waals surface area contributed by atoms with E-state index in [1.807, 2.05) is 0 Å². The summed E-state index contributed by atoms with van der Waals surface area (Å²) in [7, 11) is 1.73. The molecular weight excluding hydrogens is 220 g/mol. The van der Waals surface area contributed by atoms with E-state index in [1.165, 1.54) is 6.42 Å². The molecule has 2 aliphatic carbocycles. The summed E-state index contributed by atoms with van der Waals surface area (Å²) in [6.07, 6.45) is 3.13. The van der Waals surface area contributed by atoms with E-state index in [2.05, 4.69) is 12.2 Å². The fourth-order valence-corrected chi connectivity index (χ4v) is 2.31. The van der Waals surface area contributed by atoms with Crippen molar-refractivity contribution in [2.75, 3.05) is 13.6 Å². The number of aliphatic carboxylic acids is 1. The van der Waals surface area contributed by atoms with Crippen molar-refractivity contribution in [3.05, 3.63) is 0 Å². The molecule has 2 atom stereocenters. The van der Waals surface area contributed by atoms with Gasteiger partial charge in [-0.15, -0.1) is 0 Å². The highest BCUT2D eigenvalue weighted by Crippen LogP contribution is 2.38. The summed E-state index contributed by atoms with van der Waals surface area (Å²) < 4.78 is 0. The van der Waals surface area contributed by atoms with Gasteiger partial charge in [-0.1, -0.05) is 6.92 Å². The standard InChI is InChI=1S/C12H20N2O3/c1-8-6-9(8)7-14(2)11(17)13-12(10(15)16)4-3-5-12/h8-9H,3-7H2,1-2H3,(H,13,17)(H,15,16). The summed E-state index contributed by atoms with van der Waals surface area (Å²) in [4.78, 5) is 24.6. The van der Waals surface area contributed by atoms with Gasteiger partial charge in [-0.25, -0.2) is 9.59 Å². The third kappa shape index (κ3) is 2.37. The molecule has 5 nitrogen and oxygen atoms in total.